The van der Waals surface area contributed by atoms with Gasteiger partial charge in [-0.1, -0.05) is 30.3 Å². The van der Waals surface area contributed by atoms with E-state index < -0.39 is 30.1 Å². The van der Waals surface area contributed by atoms with Crippen LogP contribution in [0.5, 0.6) is 0 Å². The van der Waals surface area contributed by atoms with Crippen molar-refractivity contribution >= 4 is 24.3 Å². The largest absolute Gasteiger partial charge is 0.481 e. The molecule has 9 nitrogen and oxygen atoms in total. The zero-order valence-electron chi connectivity index (χ0n) is 15.6. The van der Waals surface area contributed by atoms with Gasteiger partial charge in [0.15, 0.2) is 0 Å². The molecular formula is C19H27N3O6. The number of hydrogen-bond acceptors (Lipinski definition) is 5. The smallest absolute Gasteiger partial charge is 0.326 e. The van der Waals surface area contributed by atoms with Crippen molar-refractivity contribution in [2.24, 2.45) is 0 Å². The number of carbonyl (C=O) groups excluding carboxylic acids is 2. The first-order valence-electron chi connectivity index (χ1n) is 9.14. The maximum Gasteiger partial charge on any atom is 0.326 e. The van der Waals surface area contributed by atoms with Gasteiger partial charge in [-0.05, 0) is 37.8 Å². The van der Waals surface area contributed by atoms with Crippen LogP contribution in [0.4, 0.5) is 4.79 Å². The predicted molar refractivity (Wildman–Crippen MR) is 102 cm³/mol. The lowest BCUT2D eigenvalue weighted by molar-refractivity contribution is -0.140. The third kappa shape index (κ3) is 10.3. The number of amides is 2. The third-order valence-corrected chi connectivity index (χ3v) is 4.02. The zero-order valence-corrected chi connectivity index (χ0v) is 15.6. The molecule has 0 aliphatic rings. The number of rotatable bonds is 14. The molecule has 0 aromatic heterocycles. The molecule has 2 amide bonds. The molecule has 0 unspecified atom stereocenters. The number of carbonyl (C=O) groups is 4. The van der Waals surface area contributed by atoms with Crippen molar-refractivity contribution < 1.29 is 29.4 Å². The van der Waals surface area contributed by atoms with Gasteiger partial charge in [0.2, 0.25) is 0 Å². The first-order chi connectivity index (χ1) is 13.4. The highest BCUT2D eigenvalue weighted by atomic mass is 16.4. The number of nitrogens with one attached hydrogen (secondary N) is 3. The topological polar surface area (TPSA) is 145 Å². The van der Waals surface area contributed by atoms with E-state index in [0.29, 0.717) is 19.1 Å². The second-order valence-corrected chi connectivity index (χ2v) is 6.34. The van der Waals surface area contributed by atoms with Crippen molar-refractivity contribution in [3.63, 3.8) is 0 Å². The van der Waals surface area contributed by atoms with Crippen LogP contribution in [0.15, 0.2) is 30.3 Å². The highest BCUT2D eigenvalue weighted by molar-refractivity contribution is 5.84. The highest BCUT2D eigenvalue weighted by Crippen LogP contribution is 2.02. The molecule has 0 spiro atoms. The lowest BCUT2D eigenvalue weighted by Gasteiger charge is -2.17. The van der Waals surface area contributed by atoms with Crippen LogP contribution < -0.4 is 16.0 Å². The van der Waals surface area contributed by atoms with Gasteiger partial charge < -0.3 is 31.0 Å². The molecule has 5 N–H and O–H groups in total. The van der Waals surface area contributed by atoms with Crippen molar-refractivity contribution in [1.29, 1.82) is 0 Å². The molecule has 1 aromatic rings. The predicted octanol–water partition coefficient (Wildman–Crippen LogP) is 1.13. The van der Waals surface area contributed by atoms with Crippen molar-refractivity contribution in [2.45, 2.75) is 50.7 Å². The van der Waals surface area contributed by atoms with Gasteiger partial charge in [-0.15, -0.1) is 0 Å². The molecular weight excluding hydrogens is 366 g/mol. The first-order valence-corrected chi connectivity index (χ1v) is 9.14. The highest BCUT2D eigenvalue weighted by Gasteiger charge is 2.22. The second kappa shape index (κ2) is 13.3. The van der Waals surface area contributed by atoms with Gasteiger partial charge in [-0.2, -0.15) is 0 Å². The molecule has 0 fully saturated rings. The van der Waals surface area contributed by atoms with Crippen molar-refractivity contribution in [3.05, 3.63) is 35.9 Å². The minimum absolute atomic E-state index is 0.239. The Morgan fingerprint density at radius 3 is 2.32 bits per heavy atom. The monoisotopic (exact) mass is 393 g/mol. The molecule has 0 aliphatic carbocycles. The summed E-state index contributed by atoms with van der Waals surface area (Å²) in [5.41, 5.74) is 1.18. The Morgan fingerprint density at radius 2 is 1.71 bits per heavy atom. The molecule has 9 heteroatoms. The molecule has 0 bridgehead atoms. The summed E-state index contributed by atoms with van der Waals surface area (Å²) in [5, 5.41) is 25.5. The summed E-state index contributed by atoms with van der Waals surface area (Å²) in [6.45, 7) is 1.52. The number of aldehydes is 1. The number of benzene rings is 1. The number of hydrogen-bond donors (Lipinski definition) is 5. The summed E-state index contributed by atoms with van der Waals surface area (Å²) in [7, 11) is 0. The Kier molecular flexibility index (Phi) is 10.9. The molecule has 0 radical (unpaired) electrons. The van der Waals surface area contributed by atoms with Crippen molar-refractivity contribution in [1.82, 2.24) is 16.0 Å². The molecule has 28 heavy (non-hydrogen) atoms. The summed E-state index contributed by atoms with van der Waals surface area (Å²) >= 11 is 0. The van der Waals surface area contributed by atoms with E-state index in [-0.39, 0.29) is 12.8 Å². The number of urea groups is 1. The maximum absolute atomic E-state index is 11.9. The zero-order chi connectivity index (χ0) is 20.8. The van der Waals surface area contributed by atoms with Crippen LogP contribution in [0.1, 0.15) is 37.7 Å². The van der Waals surface area contributed by atoms with Gasteiger partial charge in [0.1, 0.15) is 12.3 Å². The summed E-state index contributed by atoms with van der Waals surface area (Å²) in [5.74, 6) is -2.48. The first kappa shape index (κ1) is 23.1. The second-order valence-electron chi connectivity index (χ2n) is 6.34. The Morgan fingerprint density at radius 1 is 1.00 bits per heavy atom. The van der Waals surface area contributed by atoms with E-state index in [2.05, 4.69) is 16.0 Å². The summed E-state index contributed by atoms with van der Waals surface area (Å²) in [6, 6.07) is 7.08. The van der Waals surface area contributed by atoms with Gasteiger partial charge in [-0.3, -0.25) is 4.79 Å². The minimum Gasteiger partial charge on any atom is -0.481 e. The number of carboxylic acids is 2. The van der Waals surface area contributed by atoms with Crippen LogP contribution in [-0.4, -0.2) is 53.1 Å². The third-order valence-electron chi connectivity index (χ3n) is 4.02. The van der Waals surface area contributed by atoms with Crippen LogP contribution in [0.2, 0.25) is 0 Å². The summed E-state index contributed by atoms with van der Waals surface area (Å²) < 4.78 is 0. The van der Waals surface area contributed by atoms with Crippen LogP contribution >= 0.6 is 0 Å². The van der Waals surface area contributed by atoms with E-state index in [4.69, 9.17) is 10.2 Å². The maximum atomic E-state index is 11.9. The van der Waals surface area contributed by atoms with Crippen LogP contribution in [0.3, 0.4) is 0 Å². The molecule has 0 aliphatic heterocycles. The average molecular weight is 393 g/mol. The quantitative estimate of drug-likeness (QED) is 0.235. The van der Waals surface area contributed by atoms with Crippen LogP contribution in [-0.2, 0) is 20.9 Å². The molecule has 0 saturated carbocycles. The lowest BCUT2D eigenvalue weighted by atomic mass is 10.1. The van der Waals surface area contributed by atoms with E-state index in [1.54, 1.807) is 0 Å². The minimum atomic E-state index is -1.33. The molecule has 154 valence electrons. The summed E-state index contributed by atoms with van der Waals surface area (Å²) in [4.78, 5) is 44.6. The van der Waals surface area contributed by atoms with E-state index in [1.165, 1.54) is 5.56 Å². The van der Waals surface area contributed by atoms with Crippen molar-refractivity contribution in [3.8, 4) is 0 Å². The van der Waals surface area contributed by atoms with Crippen LogP contribution in [0, 0.1) is 0 Å². The summed E-state index contributed by atoms with van der Waals surface area (Å²) in [6.07, 6.45) is 1.92. The fraction of sp³-hybridized carbons (Fsp3) is 0.474. The number of carboxylic acid groups (broad SMARTS) is 2. The Bertz CT molecular complexity index is 638. The van der Waals surface area contributed by atoms with Gasteiger partial charge in [0, 0.05) is 13.0 Å². The van der Waals surface area contributed by atoms with Gasteiger partial charge >= 0.3 is 18.0 Å². The van der Waals surface area contributed by atoms with Crippen LogP contribution in [0.25, 0.3) is 0 Å². The van der Waals surface area contributed by atoms with E-state index in [0.717, 1.165) is 19.5 Å². The Labute approximate surface area is 163 Å². The number of aliphatic carboxylic acids is 2. The normalized spacial score (nSPS) is 12.6. The Balaban J connectivity index is 2.24. The fourth-order valence-corrected chi connectivity index (χ4v) is 2.51. The van der Waals surface area contributed by atoms with Gasteiger partial charge in [-0.25, -0.2) is 9.59 Å². The van der Waals surface area contributed by atoms with Gasteiger partial charge in [0.05, 0.1) is 6.04 Å². The molecule has 2 atom stereocenters. The molecule has 1 rings (SSSR count). The number of unbranched alkanes of at least 4 members (excludes halogenated alkanes) is 1. The Hall–Kier alpha value is -2.94. The lowest BCUT2D eigenvalue weighted by Crippen LogP contribution is -2.49. The molecule has 1 aromatic carbocycles. The van der Waals surface area contributed by atoms with Gasteiger partial charge in [0.25, 0.3) is 0 Å². The van der Waals surface area contributed by atoms with E-state index in [1.807, 2.05) is 30.3 Å². The standard InChI is InChI=1S/C19H27N3O6/c23-13-15(8-4-5-11-20-12-14-6-2-1-3-7-14)21-19(28)22-16(18(26)27)9-10-17(24)25/h1-3,6-7,13,15-16,20H,4-5,8-12H2,(H,24,25)(H,26,27)(H2,21,22,28)/t15-,16-/m0/s1. The van der Waals surface area contributed by atoms with E-state index >= 15 is 0 Å². The SMILES string of the molecule is O=C[C@H](CCCCNCc1ccccc1)NC(=O)N[C@@H](CCC(=O)O)C(=O)O. The van der Waals surface area contributed by atoms with E-state index in [9.17, 15) is 19.2 Å². The molecule has 0 saturated heterocycles. The van der Waals surface area contributed by atoms with Crippen molar-refractivity contribution in [2.75, 3.05) is 6.54 Å². The molecule has 0 heterocycles. The fourth-order valence-electron chi connectivity index (χ4n) is 2.51. The average Bonchev–Trinajstić information content (AvgIpc) is 2.67.